The first-order valence-corrected chi connectivity index (χ1v) is 7.18. The van der Waals surface area contributed by atoms with E-state index >= 15 is 0 Å². The maximum atomic E-state index is 6.34. The van der Waals surface area contributed by atoms with Crippen LogP contribution in [0.2, 0.25) is 5.02 Å². The molecule has 114 valence electrons. The van der Waals surface area contributed by atoms with Gasteiger partial charge >= 0.3 is 0 Å². The van der Waals surface area contributed by atoms with Crippen molar-refractivity contribution >= 4 is 11.6 Å². The second kappa shape index (κ2) is 6.83. The van der Waals surface area contributed by atoms with Crippen LogP contribution < -0.4 is 15.2 Å². The number of halogens is 1. The average molecular weight is 310 g/mol. The Balaban J connectivity index is 2.41. The van der Waals surface area contributed by atoms with E-state index in [0.29, 0.717) is 16.5 Å². The maximum absolute atomic E-state index is 6.34. The minimum Gasteiger partial charge on any atom is -0.493 e. The van der Waals surface area contributed by atoms with E-state index in [4.69, 9.17) is 26.8 Å². The van der Waals surface area contributed by atoms with Crippen LogP contribution in [0, 0.1) is 0 Å². The molecule has 2 N–H and O–H groups in total. The third-order valence-electron chi connectivity index (χ3n) is 3.31. The van der Waals surface area contributed by atoms with Crippen LogP contribution in [-0.4, -0.2) is 23.8 Å². The first-order valence-electron chi connectivity index (χ1n) is 6.80. The molecule has 0 aliphatic heterocycles. The van der Waals surface area contributed by atoms with E-state index in [0.717, 1.165) is 24.4 Å². The van der Waals surface area contributed by atoms with E-state index in [1.165, 1.54) is 0 Å². The zero-order chi connectivity index (χ0) is 15.4. The molecule has 1 atom stereocenters. The summed E-state index contributed by atoms with van der Waals surface area (Å²) in [5, 5.41) is 0.468. The van der Waals surface area contributed by atoms with Gasteiger partial charge in [0.15, 0.2) is 11.5 Å². The predicted octanol–water partition coefficient (Wildman–Crippen LogP) is 3.01. The fourth-order valence-electron chi connectivity index (χ4n) is 2.30. The van der Waals surface area contributed by atoms with Crippen molar-refractivity contribution in [1.82, 2.24) is 9.55 Å². The summed E-state index contributed by atoms with van der Waals surface area (Å²) in [4.78, 5) is 4.36. The van der Waals surface area contributed by atoms with Crippen molar-refractivity contribution in [2.75, 3.05) is 14.2 Å². The highest BCUT2D eigenvalue weighted by Crippen LogP contribution is 2.38. The molecule has 0 bridgehead atoms. The lowest BCUT2D eigenvalue weighted by Crippen LogP contribution is -2.18. The Kier molecular flexibility index (Phi) is 5.09. The summed E-state index contributed by atoms with van der Waals surface area (Å²) in [6, 6.07) is 3.25. The van der Waals surface area contributed by atoms with Crippen molar-refractivity contribution in [3.63, 3.8) is 0 Å². The van der Waals surface area contributed by atoms with E-state index in [2.05, 4.69) is 16.5 Å². The molecular formula is C15H20ClN3O2. The maximum Gasteiger partial charge on any atom is 0.179 e. The van der Waals surface area contributed by atoms with Gasteiger partial charge in [-0.15, -0.1) is 0 Å². The first kappa shape index (κ1) is 15.7. The van der Waals surface area contributed by atoms with Crippen molar-refractivity contribution in [3.05, 3.63) is 40.9 Å². The van der Waals surface area contributed by atoms with Crippen LogP contribution in [0.5, 0.6) is 11.5 Å². The molecular weight excluding hydrogens is 290 g/mol. The molecule has 1 unspecified atom stereocenters. The van der Waals surface area contributed by atoms with Crippen molar-refractivity contribution in [2.45, 2.75) is 25.9 Å². The van der Waals surface area contributed by atoms with E-state index in [1.54, 1.807) is 26.5 Å². The second-order valence-electron chi connectivity index (χ2n) is 4.69. The fourth-order valence-corrected chi connectivity index (χ4v) is 2.59. The van der Waals surface area contributed by atoms with E-state index in [-0.39, 0.29) is 6.04 Å². The number of benzene rings is 1. The average Bonchev–Trinajstić information content (AvgIpc) is 2.94. The third kappa shape index (κ3) is 3.14. The fraction of sp³-hybridized carbons (Fsp3) is 0.400. The van der Waals surface area contributed by atoms with E-state index < -0.39 is 0 Å². The minimum atomic E-state index is -0.371. The highest BCUT2D eigenvalue weighted by Gasteiger charge is 2.19. The highest BCUT2D eigenvalue weighted by atomic mass is 35.5. The molecule has 0 saturated carbocycles. The summed E-state index contributed by atoms with van der Waals surface area (Å²) in [5.74, 6) is 1.87. The van der Waals surface area contributed by atoms with Crippen LogP contribution in [0.3, 0.4) is 0 Å². The Bertz CT molecular complexity index is 613. The Morgan fingerprint density at radius 2 is 2.10 bits per heavy atom. The molecule has 0 fully saturated rings. The lowest BCUT2D eigenvalue weighted by atomic mass is 10.1. The lowest BCUT2D eigenvalue weighted by Gasteiger charge is -2.17. The van der Waals surface area contributed by atoms with Crippen LogP contribution >= 0.6 is 11.6 Å². The zero-order valence-corrected chi connectivity index (χ0v) is 13.2. The SMILES string of the molecule is CCCn1ccnc1C(N)c1cc(Cl)c(OC)c(OC)c1. The molecule has 6 heteroatoms. The van der Waals surface area contributed by atoms with Gasteiger partial charge in [0.1, 0.15) is 5.82 Å². The van der Waals surface area contributed by atoms with Gasteiger partial charge in [0.2, 0.25) is 0 Å². The molecule has 0 aliphatic rings. The number of hydrogen-bond donors (Lipinski definition) is 1. The normalized spacial score (nSPS) is 12.2. The number of hydrogen-bond acceptors (Lipinski definition) is 4. The van der Waals surface area contributed by atoms with E-state index in [1.807, 2.05) is 12.3 Å². The molecule has 5 nitrogen and oxygen atoms in total. The summed E-state index contributed by atoms with van der Waals surface area (Å²) in [5.41, 5.74) is 7.17. The number of ether oxygens (including phenoxy) is 2. The molecule has 0 saturated heterocycles. The monoisotopic (exact) mass is 309 g/mol. The number of nitrogens with zero attached hydrogens (tertiary/aromatic N) is 2. The van der Waals surface area contributed by atoms with Crippen molar-refractivity contribution in [3.8, 4) is 11.5 Å². The molecule has 0 amide bonds. The molecule has 1 aromatic heterocycles. The standard InChI is InChI=1S/C15H20ClN3O2/c1-4-6-19-7-5-18-15(19)13(17)10-8-11(16)14(21-3)12(9-10)20-2/h5,7-9,13H,4,6,17H2,1-3H3. The van der Waals surface area contributed by atoms with Gasteiger partial charge < -0.3 is 19.8 Å². The number of nitrogens with two attached hydrogens (primary N) is 1. The van der Waals surface area contributed by atoms with Gasteiger partial charge in [0, 0.05) is 18.9 Å². The summed E-state index contributed by atoms with van der Waals surface area (Å²) >= 11 is 6.23. The van der Waals surface area contributed by atoms with Gasteiger partial charge in [-0.05, 0) is 24.1 Å². The highest BCUT2D eigenvalue weighted by molar-refractivity contribution is 6.32. The summed E-state index contributed by atoms with van der Waals surface area (Å²) in [7, 11) is 3.12. The minimum absolute atomic E-state index is 0.371. The summed E-state index contributed by atoms with van der Waals surface area (Å²) in [6.45, 7) is 2.99. The Morgan fingerprint density at radius 1 is 1.33 bits per heavy atom. The quantitative estimate of drug-likeness (QED) is 0.891. The second-order valence-corrected chi connectivity index (χ2v) is 5.10. The van der Waals surface area contributed by atoms with Crippen molar-refractivity contribution in [1.29, 1.82) is 0 Å². The number of rotatable bonds is 6. The molecule has 21 heavy (non-hydrogen) atoms. The molecule has 1 aromatic carbocycles. The number of methoxy groups -OCH3 is 2. The molecule has 0 aliphatic carbocycles. The largest absolute Gasteiger partial charge is 0.493 e. The molecule has 2 aromatic rings. The number of imidazole rings is 1. The molecule has 0 radical (unpaired) electrons. The van der Waals surface area contributed by atoms with Crippen molar-refractivity contribution in [2.24, 2.45) is 5.73 Å². The van der Waals surface area contributed by atoms with Crippen LogP contribution in [0.15, 0.2) is 24.5 Å². The van der Waals surface area contributed by atoms with Gasteiger partial charge in [0.25, 0.3) is 0 Å². The summed E-state index contributed by atoms with van der Waals surface area (Å²) < 4.78 is 12.6. The Labute approximate surface area is 129 Å². The van der Waals surface area contributed by atoms with Crippen molar-refractivity contribution < 1.29 is 9.47 Å². The predicted molar refractivity (Wildman–Crippen MR) is 83.1 cm³/mol. The Morgan fingerprint density at radius 3 is 2.71 bits per heavy atom. The summed E-state index contributed by atoms with van der Waals surface area (Å²) in [6.07, 6.45) is 4.71. The molecule has 2 rings (SSSR count). The van der Waals surface area contributed by atoms with Crippen LogP contribution in [0.1, 0.15) is 30.8 Å². The van der Waals surface area contributed by atoms with Crippen LogP contribution in [-0.2, 0) is 6.54 Å². The third-order valence-corrected chi connectivity index (χ3v) is 3.59. The lowest BCUT2D eigenvalue weighted by molar-refractivity contribution is 0.354. The van der Waals surface area contributed by atoms with E-state index in [9.17, 15) is 0 Å². The van der Waals surface area contributed by atoms with Crippen LogP contribution in [0.4, 0.5) is 0 Å². The smallest absolute Gasteiger partial charge is 0.179 e. The zero-order valence-electron chi connectivity index (χ0n) is 12.5. The van der Waals surface area contributed by atoms with Crippen LogP contribution in [0.25, 0.3) is 0 Å². The topological polar surface area (TPSA) is 62.3 Å². The van der Waals surface area contributed by atoms with Gasteiger partial charge in [-0.2, -0.15) is 0 Å². The van der Waals surface area contributed by atoms with Gasteiger partial charge in [0.05, 0.1) is 25.3 Å². The van der Waals surface area contributed by atoms with Gasteiger partial charge in [-0.25, -0.2) is 4.98 Å². The number of aryl methyl sites for hydroxylation is 1. The van der Waals surface area contributed by atoms with Gasteiger partial charge in [-0.1, -0.05) is 18.5 Å². The first-order chi connectivity index (χ1) is 10.1. The Hall–Kier alpha value is -1.72. The molecule has 1 heterocycles. The van der Waals surface area contributed by atoms with Gasteiger partial charge in [-0.3, -0.25) is 0 Å². The molecule has 0 spiro atoms. The number of aromatic nitrogens is 2.